The van der Waals surface area contributed by atoms with Gasteiger partial charge in [0.05, 0.1) is 0 Å². The lowest BCUT2D eigenvalue weighted by Crippen LogP contribution is -1.93. The zero-order valence-corrected chi connectivity index (χ0v) is 32.9. The summed E-state index contributed by atoms with van der Waals surface area (Å²) in [5.41, 5.74) is 7.63. The minimum absolute atomic E-state index is 1.25. The maximum atomic E-state index is 2.44. The molecular weight excluding hydrogens is 737 g/mol. The lowest BCUT2D eigenvalue weighted by atomic mass is 9.83. The van der Waals surface area contributed by atoms with Gasteiger partial charge in [-0.2, -0.15) is 0 Å². The molecule has 0 N–H and O–H groups in total. The number of hydrogen-bond acceptors (Lipinski definition) is 2. The van der Waals surface area contributed by atoms with Crippen molar-refractivity contribution in [3.05, 3.63) is 194 Å². The Hall–Kier alpha value is -6.84. The molecule has 0 aliphatic rings. The quantitative estimate of drug-likeness (QED) is 0.157. The molecule has 13 aromatic rings. The van der Waals surface area contributed by atoms with E-state index in [4.69, 9.17) is 0 Å². The molecule has 0 aliphatic carbocycles. The highest BCUT2D eigenvalue weighted by atomic mass is 32.1. The molecule has 2 aromatic heterocycles. The minimum Gasteiger partial charge on any atom is -0.135 e. The second-order valence-corrected chi connectivity index (χ2v) is 17.7. The van der Waals surface area contributed by atoms with E-state index in [1.54, 1.807) is 0 Å². The van der Waals surface area contributed by atoms with Gasteiger partial charge < -0.3 is 0 Å². The van der Waals surface area contributed by atoms with Gasteiger partial charge in [0.1, 0.15) is 0 Å². The van der Waals surface area contributed by atoms with E-state index in [1.165, 1.54) is 128 Å². The smallest absolute Gasteiger partial charge is 0.0362 e. The molecule has 2 heteroatoms. The van der Waals surface area contributed by atoms with E-state index in [9.17, 15) is 0 Å². The summed E-state index contributed by atoms with van der Waals surface area (Å²) < 4.78 is 5.37. The predicted octanol–water partition coefficient (Wildman–Crippen LogP) is 17.2. The molecule has 0 nitrogen and oxygen atoms in total. The van der Waals surface area contributed by atoms with E-state index < -0.39 is 0 Å². The zero-order valence-electron chi connectivity index (χ0n) is 31.3. The molecule has 13 rings (SSSR count). The van der Waals surface area contributed by atoms with E-state index in [1.807, 2.05) is 22.7 Å². The van der Waals surface area contributed by atoms with Gasteiger partial charge >= 0.3 is 0 Å². The fourth-order valence-corrected chi connectivity index (χ4v) is 12.2. The molecule has 11 aromatic carbocycles. The molecule has 0 atom stereocenters. The first-order chi connectivity index (χ1) is 28.8. The minimum atomic E-state index is 1.25. The number of rotatable bonds is 3. The van der Waals surface area contributed by atoms with Crippen molar-refractivity contribution in [2.24, 2.45) is 0 Å². The average molecular weight is 769 g/mol. The lowest BCUT2D eigenvalue weighted by Gasteiger charge is -2.20. The Kier molecular flexibility index (Phi) is 6.86. The zero-order chi connectivity index (χ0) is 37.9. The SMILES string of the molecule is c1ccc2c(-c3c4ccccc4c(-c4ccc(-c5ccc6c(c5)sc5ccc7cc8c(cc7c56)sc5ccccc58)c5ccccc45)c4ccccc34)cccc2c1. The van der Waals surface area contributed by atoms with Crippen LogP contribution >= 0.6 is 22.7 Å². The van der Waals surface area contributed by atoms with Crippen LogP contribution in [0, 0.1) is 0 Å². The van der Waals surface area contributed by atoms with Crippen molar-refractivity contribution in [1.29, 1.82) is 0 Å². The van der Waals surface area contributed by atoms with Crippen LogP contribution in [-0.4, -0.2) is 0 Å². The molecule has 0 unspecified atom stereocenters. The second kappa shape index (κ2) is 12.3. The normalized spacial score (nSPS) is 12.1. The Labute approximate surface area is 342 Å². The van der Waals surface area contributed by atoms with Gasteiger partial charge in [-0.15, -0.1) is 22.7 Å². The lowest BCUT2D eigenvalue weighted by molar-refractivity contribution is 1.67. The molecule has 0 spiro atoms. The summed E-state index contributed by atoms with van der Waals surface area (Å²) in [6, 6.07) is 72.6. The molecule has 0 radical (unpaired) electrons. The van der Waals surface area contributed by atoms with Crippen LogP contribution in [0.15, 0.2) is 194 Å². The van der Waals surface area contributed by atoms with Gasteiger partial charge in [0.25, 0.3) is 0 Å². The van der Waals surface area contributed by atoms with Crippen molar-refractivity contribution in [3.8, 4) is 33.4 Å². The summed E-state index contributed by atoms with van der Waals surface area (Å²) in [6.45, 7) is 0. The molecule has 268 valence electrons. The van der Waals surface area contributed by atoms with E-state index in [0.717, 1.165) is 0 Å². The number of fused-ring (bicyclic) bond motifs is 12. The fraction of sp³-hybridized carbons (Fsp3) is 0. The van der Waals surface area contributed by atoms with Gasteiger partial charge in [0.15, 0.2) is 0 Å². The maximum absolute atomic E-state index is 2.44. The highest BCUT2D eigenvalue weighted by molar-refractivity contribution is 7.26. The van der Waals surface area contributed by atoms with Crippen molar-refractivity contribution < 1.29 is 0 Å². The van der Waals surface area contributed by atoms with Gasteiger partial charge in [0, 0.05) is 40.3 Å². The standard InChI is InChI=1S/C56H32S2/c1-2-14-36-33(12-1)13-11-22-41(36)54-42-18-5-7-20-44(42)55(45-21-8-6-19-43(45)54)46-28-27-37(38-15-3-4-16-39(38)46)35-24-26-47-52(31-35)58-51-29-25-34-30-49-40-17-9-10-23-50(40)57-53(49)32-48(34)56(47)51/h1-32H. The van der Waals surface area contributed by atoms with Gasteiger partial charge in [-0.05, 0) is 118 Å². The van der Waals surface area contributed by atoms with Crippen LogP contribution in [0.1, 0.15) is 0 Å². The van der Waals surface area contributed by atoms with E-state index in [0.29, 0.717) is 0 Å². The fourth-order valence-electron chi connectivity index (χ4n) is 9.91. The summed E-state index contributed by atoms with van der Waals surface area (Å²) >= 11 is 3.80. The Balaban J connectivity index is 1.01. The molecule has 0 saturated heterocycles. The summed E-state index contributed by atoms with van der Waals surface area (Å²) in [6.07, 6.45) is 0. The van der Waals surface area contributed by atoms with E-state index in [2.05, 4.69) is 194 Å². The van der Waals surface area contributed by atoms with Crippen molar-refractivity contribution in [2.75, 3.05) is 0 Å². The maximum Gasteiger partial charge on any atom is 0.0362 e. The van der Waals surface area contributed by atoms with Gasteiger partial charge in [-0.1, -0.05) is 164 Å². The van der Waals surface area contributed by atoms with Crippen LogP contribution in [-0.2, 0) is 0 Å². The van der Waals surface area contributed by atoms with Gasteiger partial charge in [0.2, 0.25) is 0 Å². The summed E-state index contributed by atoms with van der Waals surface area (Å²) in [7, 11) is 0. The van der Waals surface area contributed by atoms with Crippen LogP contribution in [0.3, 0.4) is 0 Å². The molecular formula is C56H32S2. The molecule has 58 heavy (non-hydrogen) atoms. The van der Waals surface area contributed by atoms with Crippen molar-refractivity contribution in [3.63, 3.8) is 0 Å². The molecule has 0 amide bonds. The molecule has 0 aliphatic heterocycles. The third kappa shape index (κ3) is 4.62. The van der Waals surface area contributed by atoms with Crippen LogP contribution in [0.5, 0.6) is 0 Å². The van der Waals surface area contributed by atoms with E-state index >= 15 is 0 Å². The number of thiophene rings is 2. The van der Waals surface area contributed by atoms with Gasteiger partial charge in [-0.3, -0.25) is 0 Å². The number of benzene rings is 11. The predicted molar refractivity (Wildman–Crippen MR) is 256 cm³/mol. The van der Waals surface area contributed by atoms with Crippen molar-refractivity contribution >= 4 is 117 Å². The van der Waals surface area contributed by atoms with Crippen molar-refractivity contribution in [1.82, 2.24) is 0 Å². The summed E-state index contributed by atoms with van der Waals surface area (Å²) in [4.78, 5) is 0. The van der Waals surface area contributed by atoms with Crippen LogP contribution in [0.25, 0.3) is 128 Å². The first-order valence-electron chi connectivity index (χ1n) is 19.9. The third-order valence-electron chi connectivity index (χ3n) is 12.4. The number of hydrogen-bond donors (Lipinski definition) is 0. The molecule has 0 bridgehead atoms. The third-order valence-corrected chi connectivity index (χ3v) is 14.7. The first-order valence-corrected chi connectivity index (χ1v) is 21.5. The topological polar surface area (TPSA) is 0 Å². The van der Waals surface area contributed by atoms with E-state index in [-0.39, 0.29) is 0 Å². The van der Waals surface area contributed by atoms with Crippen molar-refractivity contribution in [2.45, 2.75) is 0 Å². The Morgan fingerprint density at radius 3 is 1.53 bits per heavy atom. The summed E-state index contributed by atoms with van der Waals surface area (Å²) in [5.74, 6) is 0. The monoisotopic (exact) mass is 768 g/mol. The Morgan fingerprint density at radius 1 is 0.241 bits per heavy atom. The van der Waals surface area contributed by atoms with Crippen LogP contribution in [0.2, 0.25) is 0 Å². The first kappa shape index (κ1) is 32.3. The van der Waals surface area contributed by atoms with Crippen LogP contribution in [0.4, 0.5) is 0 Å². The Bertz CT molecular complexity index is 3800. The Morgan fingerprint density at radius 2 is 0.793 bits per heavy atom. The molecule has 0 saturated carbocycles. The second-order valence-electron chi connectivity index (χ2n) is 15.5. The highest BCUT2D eigenvalue weighted by Crippen LogP contribution is 2.49. The highest BCUT2D eigenvalue weighted by Gasteiger charge is 2.20. The largest absolute Gasteiger partial charge is 0.135 e. The average Bonchev–Trinajstić information content (AvgIpc) is 3.85. The van der Waals surface area contributed by atoms with Gasteiger partial charge in [-0.25, -0.2) is 0 Å². The molecule has 2 heterocycles. The molecule has 0 fully saturated rings. The summed E-state index contributed by atoms with van der Waals surface area (Å²) in [5, 5.41) is 18.2. The van der Waals surface area contributed by atoms with Crippen LogP contribution < -0.4 is 0 Å².